The van der Waals surface area contributed by atoms with Crippen molar-refractivity contribution < 1.29 is 0 Å². The molecule has 0 aliphatic heterocycles. The summed E-state index contributed by atoms with van der Waals surface area (Å²) in [6, 6.07) is 78.6. The molecule has 0 amide bonds. The lowest BCUT2D eigenvalue weighted by Gasteiger charge is -2.40. The third-order valence-electron chi connectivity index (χ3n) is 13.8. The molecule has 4 aliphatic rings. The summed E-state index contributed by atoms with van der Waals surface area (Å²) in [5, 5.41) is 5.34. The van der Waals surface area contributed by atoms with Crippen LogP contribution in [-0.2, 0) is 10.8 Å². The SMILES string of the molecule is Brc1ccc2c3c(cccc13)C1(c3ccccc3-c3ccccc31)c1ccccc1-2.c1ccc2c(c1)-c1ccccc1C21c2ccccc2-c2cccc3cccc1c23. The Morgan fingerprint density at radius 1 is 0.237 bits per heavy atom. The molecule has 10 aromatic rings. The third-order valence-corrected chi connectivity index (χ3v) is 14.5. The summed E-state index contributed by atoms with van der Waals surface area (Å²) in [5.74, 6) is 0. The van der Waals surface area contributed by atoms with Gasteiger partial charge in [0, 0.05) is 4.47 Å². The molecule has 0 saturated heterocycles. The standard InChI is InChI=1S/C29H17Br.C29H18/c30-27-17-16-21-20-10-3-6-14-25(20)29(26-15-7-11-22(27)28(21)26)23-12-4-1-8-18(23)19-9-2-5-13-24(19)29;1-4-15-24-20(11-1)21-12-2-5-16-25(21)29(24)26-17-6-3-13-22(26)23-14-7-9-19-10-8-18-27(29)28(19)23/h1-17H;1-18H. The normalized spacial score (nSPS) is 14.5. The summed E-state index contributed by atoms with van der Waals surface area (Å²) in [5.41, 5.74) is 21.3. The van der Waals surface area contributed by atoms with Crippen molar-refractivity contribution in [2.45, 2.75) is 10.8 Å². The maximum absolute atomic E-state index is 3.82. The van der Waals surface area contributed by atoms with E-state index in [0.29, 0.717) is 0 Å². The monoisotopic (exact) mass is 810 g/mol. The summed E-state index contributed by atoms with van der Waals surface area (Å²) < 4.78 is 1.15. The molecule has 0 N–H and O–H groups in total. The highest BCUT2D eigenvalue weighted by Crippen LogP contribution is 2.63. The average molecular weight is 812 g/mol. The van der Waals surface area contributed by atoms with Crippen molar-refractivity contribution in [2.75, 3.05) is 0 Å². The smallest absolute Gasteiger partial charge is 0.0619 e. The van der Waals surface area contributed by atoms with Gasteiger partial charge in [-0.05, 0) is 117 Å². The topological polar surface area (TPSA) is 0 Å². The molecule has 2 spiro atoms. The van der Waals surface area contributed by atoms with Gasteiger partial charge < -0.3 is 0 Å². The Balaban J connectivity index is 0.000000122. The fourth-order valence-electron chi connectivity index (χ4n) is 11.8. The Kier molecular flexibility index (Phi) is 6.82. The summed E-state index contributed by atoms with van der Waals surface area (Å²) in [6.45, 7) is 0. The summed E-state index contributed by atoms with van der Waals surface area (Å²) in [4.78, 5) is 0. The van der Waals surface area contributed by atoms with Gasteiger partial charge in [-0.1, -0.05) is 222 Å². The molecule has 0 atom stereocenters. The second-order valence-corrected chi connectivity index (χ2v) is 17.2. The highest BCUT2D eigenvalue weighted by atomic mass is 79.9. The van der Waals surface area contributed by atoms with Crippen molar-refractivity contribution in [1.29, 1.82) is 0 Å². The number of hydrogen-bond donors (Lipinski definition) is 0. The van der Waals surface area contributed by atoms with Crippen LogP contribution in [0.15, 0.2) is 217 Å². The number of hydrogen-bond acceptors (Lipinski definition) is 0. The van der Waals surface area contributed by atoms with E-state index in [2.05, 4.69) is 228 Å². The zero-order valence-corrected chi connectivity index (χ0v) is 33.7. The van der Waals surface area contributed by atoms with Crippen LogP contribution in [-0.4, -0.2) is 0 Å². The lowest BCUT2D eigenvalue weighted by molar-refractivity contribution is 0.773. The van der Waals surface area contributed by atoms with Gasteiger partial charge >= 0.3 is 0 Å². The average Bonchev–Trinajstić information content (AvgIpc) is 3.77. The van der Waals surface area contributed by atoms with Gasteiger partial charge in [-0.15, -0.1) is 0 Å². The molecule has 0 nitrogen and oxygen atoms in total. The Morgan fingerprint density at radius 3 is 0.983 bits per heavy atom. The fraction of sp³-hybridized carbons (Fsp3) is 0.0345. The maximum atomic E-state index is 3.82. The summed E-state index contributed by atoms with van der Waals surface area (Å²) in [7, 11) is 0. The molecule has 0 saturated carbocycles. The lowest BCUT2D eigenvalue weighted by Crippen LogP contribution is -2.31. The van der Waals surface area contributed by atoms with E-state index < -0.39 is 0 Å². The van der Waals surface area contributed by atoms with Crippen molar-refractivity contribution in [2.24, 2.45) is 0 Å². The first-order chi connectivity index (χ1) is 29.2. The second-order valence-electron chi connectivity index (χ2n) is 16.3. The molecule has 14 rings (SSSR count). The van der Waals surface area contributed by atoms with Crippen LogP contribution in [0, 0.1) is 0 Å². The Bertz CT molecular complexity index is 3330. The van der Waals surface area contributed by atoms with Gasteiger partial charge in [0.1, 0.15) is 0 Å². The quantitative estimate of drug-likeness (QED) is 0.143. The molecule has 0 radical (unpaired) electrons. The summed E-state index contributed by atoms with van der Waals surface area (Å²) >= 11 is 3.82. The minimum atomic E-state index is -0.295. The molecule has 1 heteroatoms. The predicted molar refractivity (Wildman–Crippen MR) is 248 cm³/mol. The zero-order valence-electron chi connectivity index (χ0n) is 32.1. The minimum Gasteiger partial charge on any atom is -0.0619 e. The third kappa shape index (κ3) is 4.08. The first kappa shape index (κ1) is 33.2. The van der Waals surface area contributed by atoms with Crippen molar-refractivity contribution in [3.63, 3.8) is 0 Å². The molecule has 0 aromatic heterocycles. The van der Waals surface area contributed by atoms with E-state index in [-0.39, 0.29) is 10.8 Å². The number of fused-ring (bicyclic) bond motifs is 18. The molecule has 0 fully saturated rings. The van der Waals surface area contributed by atoms with Crippen LogP contribution in [0.2, 0.25) is 0 Å². The van der Waals surface area contributed by atoms with Gasteiger partial charge in [0.25, 0.3) is 0 Å². The molecule has 10 aromatic carbocycles. The maximum Gasteiger partial charge on any atom is 0.0725 e. The van der Waals surface area contributed by atoms with E-state index in [4.69, 9.17) is 0 Å². The van der Waals surface area contributed by atoms with E-state index in [9.17, 15) is 0 Å². The minimum absolute atomic E-state index is 0.266. The van der Waals surface area contributed by atoms with Crippen molar-refractivity contribution in [3.05, 3.63) is 261 Å². The van der Waals surface area contributed by atoms with E-state index in [1.807, 2.05) is 0 Å². The van der Waals surface area contributed by atoms with Crippen LogP contribution < -0.4 is 0 Å². The highest BCUT2D eigenvalue weighted by molar-refractivity contribution is 9.10. The predicted octanol–water partition coefficient (Wildman–Crippen LogP) is 15.1. The first-order valence-corrected chi connectivity index (χ1v) is 21.3. The van der Waals surface area contributed by atoms with Crippen molar-refractivity contribution in [3.8, 4) is 44.5 Å². The largest absolute Gasteiger partial charge is 0.0725 e. The molecule has 59 heavy (non-hydrogen) atoms. The number of rotatable bonds is 0. The molecule has 0 unspecified atom stereocenters. The molecular weight excluding hydrogens is 777 g/mol. The van der Waals surface area contributed by atoms with Gasteiger partial charge in [0.15, 0.2) is 0 Å². The van der Waals surface area contributed by atoms with Crippen LogP contribution in [0.5, 0.6) is 0 Å². The van der Waals surface area contributed by atoms with Crippen molar-refractivity contribution >= 4 is 37.5 Å². The highest BCUT2D eigenvalue weighted by Gasteiger charge is 2.51. The number of halogens is 1. The van der Waals surface area contributed by atoms with Crippen molar-refractivity contribution in [1.82, 2.24) is 0 Å². The zero-order chi connectivity index (χ0) is 38.9. The van der Waals surface area contributed by atoms with E-state index in [1.165, 1.54) is 111 Å². The molecular formula is C58H35Br. The number of benzene rings is 10. The molecule has 274 valence electrons. The fourth-order valence-corrected chi connectivity index (χ4v) is 12.3. The lowest BCUT2D eigenvalue weighted by atomic mass is 9.61. The summed E-state index contributed by atoms with van der Waals surface area (Å²) in [6.07, 6.45) is 0. The van der Waals surface area contributed by atoms with Crippen LogP contribution in [0.3, 0.4) is 0 Å². The van der Waals surface area contributed by atoms with Gasteiger partial charge in [-0.25, -0.2) is 0 Å². The second kappa shape index (κ2) is 12.1. The molecule has 0 heterocycles. The Morgan fingerprint density at radius 2 is 0.542 bits per heavy atom. The Hall–Kier alpha value is -6.80. The van der Waals surface area contributed by atoms with Crippen LogP contribution in [0.4, 0.5) is 0 Å². The van der Waals surface area contributed by atoms with E-state index >= 15 is 0 Å². The van der Waals surface area contributed by atoms with Crippen LogP contribution in [0.25, 0.3) is 66.1 Å². The van der Waals surface area contributed by atoms with E-state index in [1.54, 1.807) is 0 Å². The van der Waals surface area contributed by atoms with E-state index in [0.717, 1.165) is 4.47 Å². The molecule has 0 bridgehead atoms. The van der Waals surface area contributed by atoms with Crippen LogP contribution >= 0.6 is 15.9 Å². The van der Waals surface area contributed by atoms with Gasteiger partial charge in [-0.3, -0.25) is 0 Å². The van der Waals surface area contributed by atoms with Crippen LogP contribution in [0.1, 0.15) is 44.5 Å². The first-order valence-electron chi connectivity index (χ1n) is 20.5. The van der Waals surface area contributed by atoms with Gasteiger partial charge in [0.2, 0.25) is 0 Å². The molecule has 4 aliphatic carbocycles. The van der Waals surface area contributed by atoms with Gasteiger partial charge in [-0.2, -0.15) is 0 Å². The Labute approximate surface area is 352 Å². The van der Waals surface area contributed by atoms with Gasteiger partial charge in [0.05, 0.1) is 10.8 Å².